The molecule has 0 aliphatic heterocycles. The summed E-state index contributed by atoms with van der Waals surface area (Å²) in [7, 11) is 3.16. The van der Waals surface area contributed by atoms with Crippen LogP contribution in [0.15, 0.2) is 29.3 Å². The van der Waals surface area contributed by atoms with Crippen LogP contribution in [-0.2, 0) is 16.1 Å². The molecule has 0 atom stereocenters. The average Bonchev–Trinajstić information content (AvgIpc) is 2.53. The zero-order chi connectivity index (χ0) is 16.2. The van der Waals surface area contributed by atoms with Crippen molar-refractivity contribution in [1.29, 1.82) is 0 Å². The van der Waals surface area contributed by atoms with Crippen molar-refractivity contribution in [3.8, 4) is 0 Å². The molecule has 1 aromatic carbocycles. The molecular formula is C16H24ClN3O2. The molecule has 0 aromatic heterocycles. The minimum atomic E-state index is -0.146. The number of rotatable bonds is 8. The minimum Gasteiger partial charge on any atom is -0.469 e. The highest BCUT2D eigenvalue weighted by Crippen LogP contribution is 2.10. The number of carbonyl (C=O) groups is 1. The largest absolute Gasteiger partial charge is 0.469 e. The first kappa shape index (κ1) is 18.3. The number of ether oxygens (including phenoxy) is 1. The normalized spacial score (nSPS) is 11.1. The maximum atomic E-state index is 11.0. The molecule has 0 amide bonds. The third kappa shape index (κ3) is 7.88. The van der Waals surface area contributed by atoms with Gasteiger partial charge in [-0.05, 0) is 30.5 Å². The first-order valence-corrected chi connectivity index (χ1v) is 7.79. The fourth-order valence-electron chi connectivity index (χ4n) is 1.93. The summed E-state index contributed by atoms with van der Waals surface area (Å²) in [5.41, 5.74) is 1.11. The van der Waals surface area contributed by atoms with E-state index in [0.29, 0.717) is 13.0 Å². The summed E-state index contributed by atoms with van der Waals surface area (Å²) in [5, 5.41) is 7.21. The van der Waals surface area contributed by atoms with E-state index in [1.807, 2.05) is 24.3 Å². The van der Waals surface area contributed by atoms with Crippen LogP contribution in [0.5, 0.6) is 0 Å². The van der Waals surface area contributed by atoms with Gasteiger partial charge in [-0.1, -0.05) is 30.2 Å². The molecule has 5 nitrogen and oxygen atoms in total. The Morgan fingerprint density at radius 2 is 2.09 bits per heavy atom. The zero-order valence-corrected chi connectivity index (χ0v) is 13.9. The molecule has 6 heteroatoms. The highest BCUT2D eigenvalue weighted by atomic mass is 35.5. The molecular weight excluding hydrogens is 302 g/mol. The second kappa shape index (κ2) is 10.9. The van der Waals surface area contributed by atoms with Gasteiger partial charge in [0, 0.05) is 31.6 Å². The number of esters is 1. The zero-order valence-electron chi connectivity index (χ0n) is 13.2. The maximum absolute atomic E-state index is 11.0. The monoisotopic (exact) mass is 325 g/mol. The van der Waals surface area contributed by atoms with E-state index in [1.54, 1.807) is 7.05 Å². The number of halogens is 1. The number of hydrogen-bond donors (Lipinski definition) is 2. The average molecular weight is 326 g/mol. The summed E-state index contributed by atoms with van der Waals surface area (Å²) in [6.45, 7) is 1.49. The Kier molecular flexibility index (Phi) is 9.07. The summed E-state index contributed by atoms with van der Waals surface area (Å²) in [5.74, 6) is 0.611. The quantitative estimate of drug-likeness (QED) is 0.334. The first-order valence-electron chi connectivity index (χ1n) is 7.41. The van der Waals surface area contributed by atoms with Crippen LogP contribution in [0, 0.1) is 0 Å². The maximum Gasteiger partial charge on any atom is 0.305 e. The Hall–Kier alpha value is -1.75. The number of nitrogens with one attached hydrogen (secondary N) is 2. The lowest BCUT2D eigenvalue weighted by Gasteiger charge is -2.12. The number of carbonyl (C=O) groups excluding carboxylic acids is 1. The lowest BCUT2D eigenvalue weighted by atomic mass is 10.2. The summed E-state index contributed by atoms with van der Waals surface area (Å²) in [4.78, 5) is 15.1. The van der Waals surface area contributed by atoms with Gasteiger partial charge in [-0.2, -0.15) is 0 Å². The van der Waals surface area contributed by atoms with Crippen LogP contribution in [0.3, 0.4) is 0 Å². The van der Waals surface area contributed by atoms with Crippen LogP contribution in [-0.4, -0.2) is 32.6 Å². The van der Waals surface area contributed by atoms with Crippen LogP contribution in [0.2, 0.25) is 5.02 Å². The van der Waals surface area contributed by atoms with Crippen LogP contribution < -0.4 is 10.6 Å². The van der Waals surface area contributed by atoms with E-state index in [9.17, 15) is 4.79 Å². The number of hydrogen-bond acceptors (Lipinski definition) is 3. The number of benzene rings is 1. The third-order valence-electron chi connectivity index (χ3n) is 3.15. The standard InChI is InChI=1S/C16H24ClN3O2/c1-18-16(19-10-5-3-4-9-15(21)22-2)20-12-13-7-6-8-14(17)11-13/h6-8,11H,3-5,9-10,12H2,1-2H3,(H2,18,19,20). The molecule has 0 fully saturated rings. The lowest BCUT2D eigenvalue weighted by molar-refractivity contribution is -0.140. The molecule has 0 heterocycles. The minimum absolute atomic E-state index is 0.146. The molecule has 122 valence electrons. The van der Waals surface area contributed by atoms with Gasteiger partial charge < -0.3 is 15.4 Å². The first-order chi connectivity index (χ1) is 10.7. The number of nitrogens with zero attached hydrogens (tertiary/aromatic N) is 1. The number of aliphatic imine (C=N–C) groups is 1. The van der Waals surface area contributed by atoms with E-state index in [0.717, 1.165) is 42.4 Å². The third-order valence-corrected chi connectivity index (χ3v) is 3.39. The molecule has 22 heavy (non-hydrogen) atoms. The van der Waals surface area contributed by atoms with Crippen molar-refractivity contribution >= 4 is 23.5 Å². The Balaban J connectivity index is 2.16. The molecule has 0 radical (unpaired) electrons. The van der Waals surface area contributed by atoms with Crippen LogP contribution >= 0.6 is 11.6 Å². The summed E-state index contributed by atoms with van der Waals surface area (Å²) < 4.78 is 4.60. The molecule has 1 rings (SSSR count). The predicted octanol–water partition coefficient (Wildman–Crippen LogP) is 2.74. The van der Waals surface area contributed by atoms with Gasteiger partial charge in [0.1, 0.15) is 0 Å². The fourth-order valence-corrected chi connectivity index (χ4v) is 2.15. The summed E-state index contributed by atoms with van der Waals surface area (Å²) in [6.07, 6.45) is 3.30. The topological polar surface area (TPSA) is 62.7 Å². The fraction of sp³-hybridized carbons (Fsp3) is 0.500. The van der Waals surface area contributed by atoms with Crippen molar-refractivity contribution in [3.05, 3.63) is 34.9 Å². The van der Waals surface area contributed by atoms with E-state index in [2.05, 4.69) is 20.4 Å². The number of methoxy groups -OCH3 is 1. The predicted molar refractivity (Wildman–Crippen MR) is 90.1 cm³/mol. The Morgan fingerprint density at radius 1 is 1.27 bits per heavy atom. The van der Waals surface area contributed by atoms with Crippen LogP contribution in [0.4, 0.5) is 0 Å². The van der Waals surface area contributed by atoms with Gasteiger partial charge in [0.05, 0.1) is 7.11 Å². The Labute approximate surface area is 137 Å². The van der Waals surface area contributed by atoms with Gasteiger partial charge in [0.2, 0.25) is 0 Å². The smallest absolute Gasteiger partial charge is 0.305 e. The van der Waals surface area contributed by atoms with Crippen molar-refractivity contribution in [2.75, 3.05) is 20.7 Å². The molecule has 0 saturated heterocycles. The van der Waals surface area contributed by atoms with E-state index in [1.165, 1.54) is 7.11 Å². The molecule has 0 bridgehead atoms. The Bertz CT molecular complexity index is 492. The van der Waals surface area contributed by atoms with Gasteiger partial charge >= 0.3 is 5.97 Å². The van der Waals surface area contributed by atoms with E-state index >= 15 is 0 Å². The molecule has 0 aliphatic carbocycles. The van der Waals surface area contributed by atoms with Crippen molar-refractivity contribution < 1.29 is 9.53 Å². The summed E-state index contributed by atoms with van der Waals surface area (Å²) >= 11 is 5.95. The molecule has 0 unspecified atom stereocenters. The van der Waals surface area contributed by atoms with Crippen LogP contribution in [0.1, 0.15) is 31.2 Å². The van der Waals surface area contributed by atoms with Gasteiger partial charge in [0.15, 0.2) is 5.96 Å². The second-order valence-corrected chi connectivity index (χ2v) is 5.31. The highest BCUT2D eigenvalue weighted by molar-refractivity contribution is 6.30. The van der Waals surface area contributed by atoms with Crippen molar-refractivity contribution in [2.24, 2.45) is 4.99 Å². The van der Waals surface area contributed by atoms with Crippen molar-refractivity contribution in [3.63, 3.8) is 0 Å². The Morgan fingerprint density at radius 3 is 2.77 bits per heavy atom. The highest BCUT2D eigenvalue weighted by Gasteiger charge is 2.01. The summed E-state index contributed by atoms with van der Waals surface area (Å²) in [6, 6.07) is 7.72. The van der Waals surface area contributed by atoms with E-state index in [4.69, 9.17) is 11.6 Å². The molecule has 1 aromatic rings. The van der Waals surface area contributed by atoms with Gasteiger partial charge in [-0.15, -0.1) is 0 Å². The van der Waals surface area contributed by atoms with Gasteiger partial charge in [-0.25, -0.2) is 0 Å². The van der Waals surface area contributed by atoms with Crippen LogP contribution in [0.25, 0.3) is 0 Å². The van der Waals surface area contributed by atoms with E-state index < -0.39 is 0 Å². The molecule has 2 N–H and O–H groups in total. The van der Waals surface area contributed by atoms with E-state index in [-0.39, 0.29) is 5.97 Å². The van der Waals surface area contributed by atoms with Gasteiger partial charge in [-0.3, -0.25) is 9.79 Å². The molecule has 0 aliphatic rings. The molecule has 0 spiro atoms. The van der Waals surface area contributed by atoms with Crippen molar-refractivity contribution in [2.45, 2.75) is 32.2 Å². The number of unbranched alkanes of at least 4 members (excludes halogenated alkanes) is 2. The second-order valence-electron chi connectivity index (χ2n) is 4.87. The van der Waals surface area contributed by atoms with Gasteiger partial charge in [0.25, 0.3) is 0 Å². The SMILES string of the molecule is CN=C(NCCCCCC(=O)OC)NCc1cccc(Cl)c1. The lowest BCUT2D eigenvalue weighted by Crippen LogP contribution is -2.37. The van der Waals surface area contributed by atoms with Crippen molar-refractivity contribution in [1.82, 2.24) is 10.6 Å². The number of guanidine groups is 1. The molecule has 0 saturated carbocycles.